The number of methoxy groups -OCH3 is 4. The molecule has 6 rings (SSSR count). The fraction of sp³-hybridized carbons (Fsp3) is 0.500. The first-order valence-electron chi connectivity index (χ1n) is 18.8. The van der Waals surface area contributed by atoms with E-state index in [1.807, 2.05) is 74.2 Å². The molecule has 0 N–H and O–H groups in total. The minimum atomic E-state index is -0.697. The quantitative estimate of drug-likeness (QED) is 0.166. The second-order valence-corrected chi connectivity index (χ2v) is 15.2. The van der Waals surface area contributed by atoms with Crippen molar-refractivity contribution in [1.29, 1.82) is 0 Å². The van der Waals surface area contributed by atoms with Crippen LogP contribution < -0.4 is 33.5 Å². The number of piperidine rings is 1. The number of hydrogen-bond acceptors (Lipinski definition) is 10. The van der Waals surface area contributed by atoms with Crippen LogP contribution >= 0.6 is 0 Å². The predicted octanol–water partition coefficient (Wildman–Crippen LogP) is 6.59. The molecular weight excluding hydrogens is 706 g/mol. The number of benzene rings is 3. The molecule has 2 heterocycles. The highest BCUT2D eigenvalue weighted by Gasteiger charge is 2.44. The Bertz CT molecular complexity index is 1830. The molecule has 0 aromatic heterocycles. The van der Waals surface area contributed by atoms with Crippen LogP contribution in [-0.4, -0.2) is 95.7 Å². The summed E-state index contributed by atoms with van der Waals surface area (Å²) in [6, 6.07) is 16.9. The molecule has 3 aromatic carbocycles. The van der Waals surface area contributed by atoms with Crippen molar-refractivity contribution in [3.63, 3.8) is 0 Å². The summed E-state index contributed by atoms with van der Waals surface area (Å²) in [5.74, 6) is 1.89. The van der Waals surface area contributed by atoms with E-state index in [0.29, 0.717) is 72.7 Å². The number of anilines is 2. The van der Waals surface area contributed by atoms with Gasteiger partial charge in [-0.05, 0) is 106 Å². The van der Waals surface area contributed by atoms with Crippen molar-refractivity contribution < 1.29 is 47.5 Å². The molecule has 2 fully saturated rings. The van der Waals surface area contributed by atoms with Crippen molar-refractivity contribution in [3.8, 4) is 28.7 Å². The highest BCUT2D eigenvalue weighted by atomic mass is 16.6. The summed E-state index contributed by atoms with van der Waals surface area (Å²) in [4.78, 5) is 46.8. The van der Waals surface area contributed by atoms with E-state index in [2.05, 4.69) is 0 Å². The molecular formula is C42H53N3O10. The van der Waals surface area contributed by atoms with Gasteiger partial charge in [0, 0.05) is 57.2 Å². The van der Waals surface area contributed by atoms with Gasteiger partial charge in [0.1, 0.15) is 41.0 Å². The lowest BCUT2D eigenvalue weighted by Gasteiger charge is -2.41. The first-order valence-corrected chi connectivity index (χ1v) is 18.8. The maximum Gasteiger partial charge on any atom is 0.410 e. The summed E-state index contributed by atoms with van der Waals surface area (Å²) in [5, 5.41) is 0. The molecule has 1 aliphatic carbocycles. The van der Waals surface area contributed by atoms with E-state index in [4.69, 9.17) is 33.2 Å². The van der Waals surface area contributed by atoms with Crippen molar-refractivity contribution in [2.75, 3.05) is 71.1 Å². The Morgan fingerprint density at radius 3 is 2.20 bits per heavy atom. The molecule has 0 spiro atoms. The molecule has 2 atom stereocenters. The van der Waals surface area contributed by atoms with E-state index >= 15 is 4.79 Å². The number of carbonyl (C=O) groups is 3. The molecule has 0 radical (unpaired) electrons. The van der Waals surface area contributed by atoms with Crippen LogP contribution in [0.1, 0.15) is 63.5 Å². The van der Waals surface area contributed by atoms with Crippen molar-refractivity contribution in [1.82, 2.24) is 4.90 Å². The lowest BCUT2D eigenvalue weighted by molar-refractivity contribution is -0.124. The number of fused-ring (bicyclic) bond motifs is 1. The van der Waals surface area contributed by atoms with Crippen molar-refractivity contribution in [2.45, 2.75) is 70.6 Å². The summed E-state index contributed by atoms with van der Waals surface area (Å²) in [7, 11) is 6.43. The Balaban J connectivity index is 1.34. The minimum Gasteiger partial charge on any atom is -0.497 e. The molecule has 1 saturated heterocycles. The van der Waals surface area contributed by atoms with Crippen LogP contribution in [0.5, 0.6) is 28.7 Å². The van der Waals surface area contributed by atoms with Crippen LogP contribution in [0.3, 0.4) is 0 Å². The van der Waals surface area contributed by atoms with Gasteiger partial charge in [-0.3, -0.25) is 9.59 Å². The zero-order valence-electron chi connectivity index (χ0n) is 32.9. The van der Waals surface area contributed by atoms with E-state index in [1.54, 1.807) is 44.3 Å². The van der Waals surface area contributed by atoms with Gasteiger partial charge in [-0.25, -0.2) is 4.79 Å². The Hall–Kier alpha value is -5.17. The third-order valence-electron chi connectivity index (χ3n) is 10.0. The van der Waals surface area contributed by atoms with Crippen LogP contribution in [0.15, 0.2) is 54.6 Å². The second-order valence-electron chi connectivity index (χ2n) is 15.2. The zero-order chi connectivity index (χ0) is 39.3. The van der Waals surface area contributed by atoms with Gasteiger partial charge in [0.15, 0.2) is 6.61 Å². The average Bonchev–Trinajstić information content (AvgIpc) is 4.02. The molecule has 13 heteroatoms. The third kappa shape index (κ3) is 9.56. The van der Waals surface area contributed by atoms with E-state index < -0.39 is 17.6 Å². The van der Waals surface area contributed by atoms with Gasteiger partial charge in [0.2, 0.25) is 5.91 Å². The first-order chi connectivity index (χ1) is 26.4. The number of nitrogens with zero attached hydrogens (tertiary/aromatic N) is 3. The van der Waals surface area contributed by atoms with Gasteiger partial charge < -0.3 is 47.9 Å². The normalized spacial score (nSPS) is 18.2. The lowest BCUT2D eigenvalue weighted by Crippen LogP contribution is -2.51. The largest absolute Gasteiger partial charge is 0.497 e. The number of likely N-dealkylation sites (tertiary alicyclic amines) is 1. The fourth-order valence-corrected chi connectivity index (χ4v) is 7.20. The summed E-state index contributed by atoms with van der Waals surface area (Å²) >= 11 is 0. The predicted molar refractivity (Wildman–Crippen MR) is 207 cm³/mol. The van der Waals surface area contributed by atoms with Crippen LogP contribution in [0.4, 0.5) is 16.2 Å². The molecule has 3 aromatic rings. The molecule has 296 valence electrons. The van der Waals surface area contributed by atoms with Gasteiger partial charge in [0.05, 0.1) is 32.9 Å². The van der Waals surface area contributed by atoms with Crippen LogP contribution in [-0.2, 0) is 25.7 Å². The zero-order valence-corrected chi connectivity index (χ0v) is 32.9. The minimum absolute atomic E-state index is 0.0192. The van der Waals surface area contributed by atoms with Gasteiger partial charge >= 0.3 is 6.09 Å². The number of amides is 3. The Morgan fingerprint density at radius 1 is 0.873 bits per heavy atom. The van der Waals surface area contributed by atoms with Gasteiger partial charge in [-0.15, -0.1) is 0 Å². The van der Waals surface area contributed by atoms with Gasteiger partial charge in [-0.1, -0.05) is 0 Å². The molecule has 0 unspecified atom stereocenters. The third-order valence-corrected chi connectivity index (χ3v) is 10.0. The molecule has 2 aliphatic heterocycles. The lowest BCUT2D eigenvalue weighted by atomic mass is 9.79. The highest BCUT2D eigenvalue weighted by molar-refractivity contribution is 6.01. The Kier molecular flexibility index (Phi) is 12.3. The average molecular weight is 760 g/mol. The summed E-state index contributed by atoms with van der Waals surface area (Å²) in [6.07, 6.45) is 2.39. The maximum atomic E-state index is 15.1. The number of hydrogen-bond donors (Lipinski definition) is 0. The topological polar surface area (TPSA) is 126 Å². The summed E-state index contributed by atoms with van der Waals surface area (Å²) in [6.45, 7) is 7.22. The molecule has 3 aliphatic rings. The molecule has 13 nitrogen and oxygen atoms in total. The summed E-state index contributed by atoms with van der Waals surface area (Å²) < 4.78 is 39.8. The number of ether oxygens (including phenoxy) is 7. The Morgan fingerprint density at radius 2 is 1.55 bits per heavy atom. The molecule has 3 amide bonds. The molecule has 55 heavy (non-hydrogen) atoms. The number of carbonyl (C=O) groups excluding carboxylic acids is 3. The van der Waals surface area contributed by atoms with Gasteiger partial charge in [-0.2, -0.15) is 0 Å². The van der Waals surface area contributed by atoms with E-state index in [1.165, 1.54) is 0 Å². The number of rotatable bonds is 14. The first kappa shape index (κ1) is 39.5. The van der Waals surface area contributed by atoms with Gasteiger partial charge in [0.25, 0.3) is 5.91 Å². The van der Waals surface area contributed by atoms with E-state index in [-0.39, 0.29) is 43.5 Å². The maximum absolute atomic E-state index is 15.1. The van der Waals surface area contributed by atoms with Crippen molar-refractivity contribution in [3.05, 3.63) is 65.7 Å². The standard InChI is InChI=1S/C42H53N3O10/c1-42(2,3)55-41(48)43-15-13-35(28-19-33(52-7)23-34(20-28)53-25-27-17-31(50-5)22-32(18-27)51-6)36(24-43)40(47)45(29-9-10-29)30-11-12-38-37(21-30)44(14-8-16-49-4)39(46)26-54-38/h11-12,17-23,29,35-36H,8-10,13-16,24-26H2,1-7H3/t35-,36+/m1/s1. The Labute approximate surface area is 323 Å². The van der Waals surface area contributed by atoms with Crippen LogP contribution in [0.25, 0.3) is 0 Å². The van der Waals surface area contributed by atoms with Crippen molar-refractivity contribution >= 4 is 29.3 Å². The highest BCUT2D eigenvalue weighted by Crippen LogP contribution is 2.44. The van der Waals surface area contributed by atoms with E-state index in [9.17, 15) is 9.59 Å². The van der Waals surface area contributed by atoms with Crippen LogP contribution in [0.2, 0.25) is 0 Å². The fourth-order valence-electron chi connectivity index (χ4n) is 7.20. The monoisotopic (exact) mass is 759 g/mol. The molecule has 1 saturated carbocycles. The molecule has 0 bridgehead atoms. The van der Waals surface area contributed by atoms with E-state index in [0.717, 1.165) is 24.0 Å². The smallest absolute Gasteiger partial charge is 0.410 e. The van der Waals surface area contributed by atoms with Crippen LogP contribution in [0, 0.1) is 5.92 Å². The SMILES string of the molecule is COCCCN1C(=O)COc2ccc(N(C(=O)[C@H]3CN(C(=O)OC(C)(C)C)CC[C@@H]3c3cc(OC)cc(OCc4cc(OC)cc(OC)c4)c3)C3CC3)cc21. The second kappa shape index (κ2) is 17.1. The van der Waals surface area contributed by atoms with Crippen molar-refractivity contribution in [2.24, 2.45) is 5.92 Å². The summed E-state index contributed by atoms with van der Waals surface area (Å²) in [5.41, 5.74) is 2.33.